The lowest BCUT2D eigenvalue weighted by atomic mass is 10.1. The Morgan fingerprint density at radius 1 is 1.20 bits per heavy atom. The third-order valence-electron chi connectivity index (χ3n) is 3.94. The van der Waals surface area contributed by atoms with Crippen LogP contribution in [-0.4, -0.2) is 46.2 Å². The molecule has 0 spiro atoms. The molecule has 2 aromatic carbocycles. The number of hydrogen-bond donors (Lipinski definition) is 4. The molecule has 2 aromatic rings. The summed E-state index contributed by atoms with van der Waals surface area (Å²) in [6, 6.07) is 9.18. The summed E-state index contributed by atoms with van der Waals surface area (Å²) in [4.78, 5) is 26.1. The molecule has 9 nitrogen and oxygen atoms in total. The highest BCUT2D eigenvalue weighted by molar-refractivity contribution is 8.26. The van der Waals surface area contributed by atoms with Crippen LogP contribution in [-0.2, 0) is 19.6 Å². The van der Waals surface area contributed by atoms with Gasteiger partial charge in [0, 0.05) is 17.3 Å². The lowest BCUT2D eigenvalue weighted by molar-refractivity contribution is -0.126. The molecular weight excluding hydrogens is 450 g/mol. The first-order valence-corrected chi connectivity index (χ1v) is 11.0. The predicted molar refractivity (Wildman–Crippen MR) is 116 cm³/mol. The van der Waals surface area contributed by atoms with E-state index in [1.807, 2.05) is 0 Å². The van der Waals surface area contributed by atoms with Gasteiger partial charge in [0.25, 0.3) is 5.91 Å². The fourth-order valence-electron chi connectivity index (χ4n) is 2.50. The van der Waals surface area contributed by atoms with Gasteiger partial charge in [-0.2, -0.15) is 0 Å². The Kier molecular flexibility index (Phi) is 6.12. The monoisotopic (exact) mass is 465 g/mol. The van der Waals surface area contributed by atoms with E-state index in [9.17, 15) is 28.2 Å². The lowest BCUT2D eigenvalue weighted by Crippen LogP contribution is -2.36. The van der Waals surface area contributed by atoms with E-state index in [0.717, 1.165) is 22.7 Å². The summed E-state index contributed by atoms with van der Waals surface area (Å²) in [6.45, 7) is -0.347. The number of primary sulfonamides is 1. The first kappa shape index (κ1) is 21.8. The maximum Gasteiger partial charge on any atom is 0.266 e. The SMILES string of the molecule is NS(=O)(=O)c1ccc(NC(=O)CN2C(=O)/C(=C/c3ccc(O)cc3O)SC2=S)cc1. The number of rotatable bonds is 5. The largest absolute Gasteiger partial charge is 0.508 e. The number of anilines is 1. The van der Waals surface area contributed by atoms with E-state index in [-0.39, 0.29) is 32.2 Å². The minimum atomic E-state index is -3.84. The van der Waals surface area contributed by atoms with Crippen LogP contribution in [0.25, 0.3) is 6.08 Å². The average Bonchev–Trinajstić information content (AvgIpc) is 2.91. The molecule has 0 aliphatic carbocycles. The number of benzene rings is 2. The number of nitrogens with zero attached hydrogens (tertiary/aromatic N) is 1. The molecule has 1 heterocycles. The normalized spacial score (nSPS) is 15.6. The van der Waals surface area contributed by atoms with Gasteiger partial charge in [0.05, 0.1) is 9.80 Å². The van der Waals surface area contributed by atoms with Crippen molar-refractivity contribution >= 4 is 61.9 Å². The average molecular weight is 466 g/mol. The third kappa shape index (κ3) is 4.97. The van der Waals surface area contributed by atoms with Crippen molar-refractivity contribution in [1.82, 2.24) is 4.90 Å². The molecular formula is C18H15N3O6S3. The molecule has 1 aliphatic heterocycles. The number of hydrogen-bond acceptors (Lipinski definition) is 8. The van der Waals surface area contributed by atoms with Gasteiger partial charge in [0.15, 0.2) is 0 Å². The molecule has 1 fully saturated rings. The molecule has 5 N–H and O–H groups in total. The Labute approximate surface area is 181 Å². The van der Waals surface area contributed by atoms with Gasteiger partial charge in [0.2, 0.25) is 15.9 Å². The molecule has 0 unspecified atom stereocenters. The number of aromatic hydroxyl groups is 2. The van der Waals surface area contributed by atoms with Crippen LogP contribution in [0.4, 0.5) is 5.69 Å². The van der Waals surface area contributed by atoms with Crippen LogP contribution in [0.2, 0.25) is 0 Å². The smallest absolute Gasteiger partial charge is 0.266 e. The van der Waals surface area contributed by atoms with Gasteiger partial charge < -0.3 is 15.5 Å². The summed E-state index contributed by atoms with van der Waals surface area (Å²) < 4.78 is 22.7. The lowest BCUT2D eigenvalue weighted by Gasteiger charge is -2.14. The van der Waals surface area contributed by atoms with Crippen molar-refractivity contribution in [3.63, 3.8) is 0 Å². The fraction of sp³-hybridized carbons (Fsp3) is 0.0556. The molecule has 0 radical (unpaired) electrons. The fourth-order valence-corrected chi connectivity index (χ4v) is 4.27. The second-order valence-electron chi connectivity index (χ2n) is 6.13. The van der Waals surface area contributed by atoms with Crippen LogP contribution in [0.3, 0.4) is 0 Å². The van der Waals surface area contributed by atoms with Gasteiger partial charge in [-0.25, -0.2) is 13.6 Å². The Balaban J connectivity index is 1.69. The van der Waals surface area contributed by atoms with Crippen molar-refractivity contribution in [3.8, 4) is 11.5 Å². The summed E-state index contributed by atoms with van der Waals surface area (Å²) in [5.41, 5.74) is 0.634. The highest BCUT2D eigenvalue weighted by Crippen LogP contribution is 2.34. The Morgan fingerprint density at radius 3 is 2.47 bits per heavy atom. The number of nitrogens with one attached hydrogen (secondary N) is 1. The molecule has 12 heteroatoms. The molecule has 0 bridgehead atoms. The van der Waals surface area contributed by atoms with Gasteiger partial charge in [-0.05, 0) is 42.5 Å². The van der Waals surface area contributed by atoms with Crippen LogP contribution >= 0.6 is 24.0 Å². The van der Waals surface area contributed by atoms with Crippen LogP contribution in [0.15, 0.2) is 52.3 Å². The number of thiocarbonyl (C=S) groups is 1. The number of phenolic OH excluding ortho intramolecular Hbond substituents is 2. The van der Waals surface area contributed by atoms with E-state index in [2.05, 4.69) is 5.32 Å². The van der Waals surface area contributed by atoms with E-state index < -0.39 is 21.8 Å². The number of carbonyl (C=O) groups is 2. The van der Waals surface area contributed by atoms with E-state index in [0.29, 0.717) is 11.3 Å². The number of carbonyl (C=O) groups excluding carboxylic acids is 2. The van der Waals surface area contributed by atoms with Crippen LogP contribution in [0, 0.1) is 0 Å². The minimum absolute atomic E-state index is 0.0972. The second-order valence-corrected chi connectivity index (χ2v) is 9.37. The zero-order chi connectivity index (χ0) is 22.1. The molecule has 1 saturated heterocycles. The van der Waals surface area contributed by atoms with Crippen LogP contribution in [0.1, 0.15) is 5.56 Å². The van der Waals surface area contributed by atoms with Crippen LogP contribution < -0.4 is 10.5 Å². The summed E-state index contributed by atoms with van der Waals surface area (Å²) in [5, 5.41) is 26.8. The number of phenols is 2. The summed E-state index contributed by atoms with van der Waals surface area (Å²) in [6.07, 6.45) is 1.41. The van der Waals surface area contributed by atoms with Crippen molar-refractivity contribution in [2.75, 3.05) is 11.9 Å². The molecule has 30 heavy (non-hydrogen) atoms. The predicted octanol–water partition coefficient (Wildman–Crippen LogP) is 1.59. The van der Waals surface area contributed by atoms with Gasteiger partial charge in [-0.15, -0.1) is 0 Å². The quantitative estimate of drug-likeness (QED) is 0.384. The van der Waals surface area contributed by atoms with E-state index in [4.69, 9.17) is 17.4 Å². The minimum Gasteiger partial charge on any atom is -0.508 e. The zero-order valence-electron chi connectivity index (χ0n) is 15.1. The van der Waals surface area contributed by atoms with Crippen molar-refractivity contribution < 1.29 is 28.2 Å². The van der Waals surface area contributed by atoms with Gasteiger partial charge >= 0.3 is 0 Å². The first-order chi connectivity index (χ1) is 14.0. The summed E-state index contributed by atoms with van der Waals surface area (Å²) >= 11 is 6.15. The third-order valence-corrected chi connectivity index (χ3v) is 6.25. The van der Waals surface area contributed by atoms with E-state index >= 15 is 0 Å². The Morgan fingerprint density at radius 2 is 1.87 bits per heavy atom. The molecule has 2 amide bonds. The van der Waals surface area contributed by atoms with Crippen molar-refractivity contribution in [2.45, 2.75) is 4.90 Å². The van der Waals surface area contributed by atoms with Gasteiger partial charge in [-0.1, -0.05) is 24.0 Å². The van der Waals surface area contributed by atoms with Gasteiger partial charge in [-0.3, -0.25) is 14.5 Å². The highest BCUT2D eigenvalue weighted by atomic mass is 32.2. The second kappa shape index (κ2) is 8.44. The summed E-state index contributed by atoms with van der Waals surface area (Å²) in [5.74, 6) is -1.37. The number of amides is 2. The van der Waals surface area contributed by atoms with Crippen molar-refractivity contribution in [2.24, 2.45) is 5.14 Å². The molecule has 0 saturated carbocycles. The number of sulfonamides is 1. The van der Waals surface area contributed by atoms with Crippen molar-refractivity contribution in [1.29, 1.82) is 0 Å². The number of thioether (sulfide) groups is 1. The first-order valence-electron chi connectivity index (χ1n) is 8.24. The van der Waals surface area contributed by atoms with E-state index in [1.54, 1.807) is 0 Å². The molecule has 0 atom stereocenters. The molecule has 156 valence electrons. The van der Waals surface area contributed by atoms with Crippen molar-refractivity contribution in [3.05, 3.63) is 52.9 Å². The highest BCUT2D eigenvalue weighted by Gasteiger charge is 2.33. The molecule has 1 aliphatic rings. The number of nitrogens with two attached hydrogens (primary N) is 1. The Hall–Kier alpha value is -2.93. The molecule has 3 rings (SSSR count). The maximum absolute atomic E-state index is 12.6. The van der Waals surface area contributed by atoms with Crippen LogP contribution in [0.5, 0.6) is 11.5 Å². The summed E-state index contributed by atoms with van der Waals surface area (Å²) in [7, 11) is -3.84. The molecule has 0 aromatic heterocycles. The van der Waals surface area contributed by atoms with Gasteiger partial charge in [0.1, 0.15) is 22.4 Å². The van der Waals surface area contributed by atoms with E-state index in [1.165, 1.54) is 42.5 Å². The Bertz CT molecular complexity index is 1180. The zero-order valence-corrected chi connectivity index (χ0v) is 17.6. The standard InChI is InChI=1S/C18H15N3O6S3/c19-30(26,27)13-5-2-11(3-6-13)20-16(24)9-21-17(25)15(29-18(21)28)7-10-1-4-12(22)8-14(10)23/h1-8,22-23H,9H2,(H,20,24)(H2,19,26,27)/b15-7-. The maximum atomic E-state index is 12.6. The topological polar surface area (TPSA) is 150 Å².